The second-order valence-electron chi connectivity index (χ2n) is 19.3. The summed E-state index contributed by atoms with van der Waals surface area (Å²) in [6.45, 7) is 9.30. The average Bonchev–Trinajstić information content (AvgIpc) is 3.77. The van der Waals surface area contributed by atoms with E-state index >= 15 is 0 Å². The van der Waals surface area contributed by atoms with Crippen molar-refractivity contribution in [2.75, 3.05) is 5.73 Å². The quantitative estimate of drug-likeness (QED) is 0.165. The van der Waals surface area contributed by atoms with Gasteiger partial charge in [0.25, 0.3) is 0 Å². The molecule has 0 radical (unpaired) electrons. The smallest absolute Gasteiger partial charge is 0.0314 e. The molecule has 0 saturated heterocycles. The van der Waals surface area contributed by atoms with Crippen LogP contribution in [-0.4, -0.2) is 0 Å². The predicted molar refractivity (Wildman–Crippen MR) is 298 cm³/mol. The van der Waals surface area contributed by atoms with Crippen molar-refractivity contribution in [2.24, 2.45) is 0 Å². The highest BCUT2D eigenvalue weighted by Crippen LogP contribution is 2.51. The van der Waals surface area contributed by atoms with E-state index in [9.17, 15) is 0 Å². The summed E-state index contributed by atoms with van der Waals surface area (Å²) in [4.78, 5) is 0. The van der Waals surface area contributed by atoms with Crippen LogP contribution in [0.25, 0.3) is 66.8 Å². The molecule has 2 heteroatoms. The van der Waals surface area contributed by atoms with Crippen LogP contribution in [0.2, 0.25) is 0 Å². The number of benzene rings is 10. The summed E-state index contributed by atoms with van der Waals surface area (Å²) < 4.78 is 1.12. The molecule has 336 valence electrons. The Kier molecular flexibility index (Phi) is 12.6. The van der Waals surface area contributed by atoms with Crippen LogP contribution in [0.4, 0.5) is 5.69 Å². The van der Waals surface area contributed by atoms with Gasteiger partial charge in [0.15, 0.2) is 0 Å². The number of fused-ring (bicyclic) bond motifs is 6. The average molecular weight is 955 g/mol. The molecule has 0 aliphatic heterocycles. The third-order valence-electron chi connectivity index (χ3n) is 14.1. The maximum atomic E-state index is 5.80. The van der Waals surface area contributed by atoms with Gasteiger partial charge in [-0.25, -0.2) is 0 Å². The third kappa shape index (κ3) is 9.38. The lowest BCUT2D eigenvalue weighted by Gasteiger charge is -2.22. The highest BCUT2D eigenvalue weighted by molar-refractivity contribution is 9.10. The largest absolute Gasteiger partial charge is 0.399 e. The highest BCUT2D eigenvalue weighted by atomic mass is 79.9. The molecule has 0 aromatic heterocycles. The fourth-order valence-electron chi connectivity index (χ4n) is 10.2. The van der Waals surface area contributed by atoms with Gasteiger partial charge in [-0.05, 0) is 143 Å². The summed E-state index contributed by atoms with van der Waals surface area (Å²) in [6.07, 6.45) is 0.946. The monoisotopic (exact) mass is 953 g/mol. The van der Waals surface area contributed by atoms with E-state index in [-0.39, 0.29) is 10.8 Å². The molecule has 0 heterocycles. The minimum Gasteiger partial charge on any atom is -0.399 e. The van der Waals surface area contributed by atoms with E-state index < -0.39 is 0 Å². The Balaban J connectivity index is 0.000000134. The first-order valence-corrected chi connectivity index (χ1v) is 24.7. The maximum absolute atomic E-state index is 5.80. The number of hydrogen-bond acceptors (Lipinski definition) is 1. The third-order valence-corrected chi connectivity index (χ3v) is 14.6. The van der Waals surface area contributed by atoms with Crippen molar-refractivity contribution in [3.8, 4) is 66.8 Å². The van der Waals surface area contributed by atoms with Crippen LogP contribution in [0.15, 0.2) is 247 Å². The number of nitrogen functional groups attached to an aromatic ring is 1. The molecule has 2 N–H and O–H groups in total. The summed E-state index contributed by atoms with van der Waals surface area (Å²) >= 11 is 3.42. The van der Waals surface area contributed by atoms with Crippen molar-refractivity contribution < 1.29 is 0 Å². The Labute approximate surface area is 417 Å². The van der Waals surface area contributed by atoms with Crippen molar-refractivity contribution in [1.82, 2.24) is 0 Å². The van der Waals surface area contributed by atoms with Crippen LogP contribution >= 0.6 is 15.9 Å². The lowest BCUT2D eigenvalue weighted by Crippen LogP contribution is -2.14. The fourth-order valence-corrected chi connectivity index (χ4v) is 10.5. The normalized spacial score (nSPS) is 13.1. The van der Waals surface area contributed by atoms with Crippen LogP contribution in [0, 0.1) is 0 Å². The van der Waals surface area contributed by atoms with Crippen molar-refractivity contribution in [2.45, 2.75) is 44.9 Å². The molecule has 1 nitrogen and oxygen atoms in total. The summed E-state index contributed by atoms with van der Waals surface area (Å²) in [5.74, 6) is 0. The molecule has 10 aromatic carbocycles. The number of anilines is 1. The van der Waals surface area contributed by atoms with Crippen LogP contribution < -0.4 is 5.73 Å². The molecule has 0 spiro atoms. The van der Waals surface area contributed by atoms with Gasteiger partial charge in [-0.15, -0.1) is 0 Å². The van der Waals surface area contributed by atoms with Gasteiger partial charge >= 0.3 is 0 Å². The van der Waals surface area contributed by atoms with Gasteiger partial charge in [0.2, 0.25) is 0 Å². The molecule has 0 fully saturated rings. The van der Waals surface area contributed by atoms with Crippen molar-refractivity contribution in [3.05, 3.63) is 281 Å². The minimum atomic E-state index is 0.0355. The van der Waals surface area contributed by atoms with Gasteiger partial charge in [-0.1, -0.05) is 250 Å². The zero-order valence-electron chi connectivity index (χ0n) is 39.8. The first-order valence-electron chi connectivity index (χ1n) is 23.9. The van der Waals surface area contributed by atoms with Gasteiger partial charge in [0.1, 0.15) is 0 Å². The summed E-state index contributed by atoms with van der Waals surface area (Å²) in [5.41, 5.74) is 30.6. The van der Waals surface area contributed by atoms with Crippen molar-refractivity contribution in [3.63, 3.8) is 0 Å². The predicted octanol–water partition coefficient (Wildman–Crippen LogP) is 18.3. The van der Waals surface area contributed by atoms with Crippen LogP contribution in [-0.2, 0) is 17.3 Å². The van der Waals surface area contributed by atoms with E-state index in [1.165, 1.54) is 100 Å². The van der Waals surface area contributed by atoms with Crippen molar-refractivity contribution in [1.29, 1.82) is 0 Å². The van der Waals surface area contributed by atoms with E-state index in [4.69, 9.17) is 5.73 Å². The Morgan fingerprint density at radius 3 is 1.03 bits per heavy atom. The topological polar surface area (TPSA) is 26.0 Å². The maximum Gasteiger partial charge on any atom is 0.0314 e. The van der Waals surface area contributed by atoms with E-state index in [1.807, 2.05) is 18.2 Å². The van der Waals surface area contributed by atoms with E-state index in [0.717, 1.165) is 16.6 Å². The Morgan fingerprint density at radius 2 is 0.609 bits per heavy atom. The standard InChI is InChI=1S/C34H28.C21H19N.C12H9Br/c1-34(2)32-11-7-6-10-30(32)31-21-20-29(23-33(31)34)28-18-14-25(15-19-28)22-24-12-16-27(17-13-24)26-8-4-3-5-9-26;1-21(2)19-6-4-3-5-17(19)18-12-9-15(13-20(18)21)14-7-10-16(22)11-8-14;13-12-8-6-11(7-9-12)10-4-2-1-3-5-10/h3-21,23H,22H2,1-2H3;3-13H,22H2,1-2H3;1-9H. The Bertz CT molecular complexity index is 3370. The number of nitrogens with two attached hydrogens (primary N) is 1. The number of rotatable bonds is 6. The lowest BCUT2D eigenvalue weighted by atomic mass is 9.81. The molecule has 2 aliphatic carbocycles. The molecule has 0 bridgehead atoms. The zero-order valence-corrected chi connectivity index (χ0v) is 41.3. The summed E-state index contributed by atoms with van der Waals surface area (Å²) in [5, 5.41) is 0. The molecule has 0 atom stereocenters. The highest BCUT2D eigenvalue weighted by Gasteiger charge is 2.36. The zero-order chi connectivity index (χ0) is 47.5. The van der Waals surface area contributed by atoms with Crippen LogP contribution in [0.1, 0.15) is 61.1 Å². The van der Waals surface area contributed by atoms with Gasteiger partial charge in [-0.3, -0.25) is 0 Å². The molecule has 69 heavy (non-hydrogen) atoms. The molecule has 10 aromatic rings. The van der Waals surface area contributed by atoms with Gasteiger partial charge in [-0.2, -0.15) is 0 Å². The molecular weight excluding hydrogens is 899 g/mol. The van der Waals surface area contributed by atoms with Crippen LogP contribution in [0.3, 0.4) is 0 Å². The first-order chi connectivity index (χ1) is 33.5. The number of hydrogen-bond donors (Lipinski definition) is 1. The first kappa shape index (κ1) is 45.3. The molecule has 12 rings (SSSR count). The molecule has 0 unspecified atom stereocenters. The minimum absolute atomic E-state index is 0.0355. The summed E-state index contributed by atoms with van der Waals surface area (Å²) in [6, 6.07) is 86.7. The molecule has 0 saturated carbocycles. The van der Waals surface area contributed by atoms with Gasteiger partial charge in [0.05, 0.1) is 0 Å². The Hall–Kier alpha value is -7.52. The molecule has 2 aliphatic rings. The fraction of sp³-hybridized carbons (Fsp3) is 0.104. The second-order valence-corrected chi connectivity index (χ2v) is 20.2. The number of halogens is 1. The lowest BCUT2D eigenvalue weighted by molar-refractivity contribution is 0.660. The van der Waals surface area contributed by atoms with Crippen LogP contribution in [0.5, 0.6) is 0 Å². The summed E-state index contributed by atoms with van der Waals surface area (Å²) in [7, 11) is 0. The Morgan fingerprint density at radius 1 is 0.304 bits per heavy atom. The van der Waals surface area contributed by atoms with E-state index in [2.05, 4.69) is 268 Å². The SMILES string of the molecule is Brc1ccc(-c2ccccc2)cc1.CC1(C)c2ccccc2-c2ccc(-c3ccc(Cc4ccc(-c5ccccc5)cc4)cc3)cc21.CC1(C)c2ccccc2-c2ccc(-c3ccc(N)cc3)cc21. The van der Waals surface area contributed by atoms with E-state index in [0.29, 0.717) is 0 Å². The van der Waals surface area contributed by atoms with E-state index in [1.54, 1.807) is 0 Å². The van der Waals surface area contributed by atoms with Gasteiger partial charge in [0, 0.05) is 21.0 Å². The second kappa shape index (κ2) is 19.2. The molecular formula is C67H56BrN. The van der Waals surface area contributed by atoms with Gasteiger partial charge < -0.3 is 5.73 Å². The molecule has 0 amide bonds. The van der Waals surface area contributed by atoms with Crippen molar-refractivity contribution >= 4 is 21.6 Å².